The van der Waals surface area contributed by atoms with Crippen molar-refractivity contribution in [3.05, 3.63) is 41.6 Å². The summed E-state index contributed by atoms with van der Waals surface area (Å²) in [5.74, 6) is 5.35. The Bertz CT molecular complexity index is 586. The van der Waals surface area contributed by atoms with Crippen molar-refractivity contribution in [1.29, 1.82) is 0 Å². The maximum atomic E-state index is 12.0. The van der Waals surface area contributed by atoms with Crippen LogP contribution in [0.2, 0.25) is 5.02 Å². The quantitative estimate of drug-likeness (QED) is 0.408. The minimum absolute atomic E-state index is 0.168. The van der Waals surface area contributed by atoms with Gasteiger partial charge in [0.15, 0.2) is 0 Å². The van der Waals surface area contributed by atoms with Crippen LogP contribution in [0.15, 0.2) is 30.9 Å². The summed E-state index contributed by atoms with van der Waals surface area (Å²) in [7, 11) is 0. The second kappa shape index (κ2) is 7.61. The summed E-state index contributed by atoms with van der Waals surface area (Å²) in [5, 5.41) is 3.09. The van der Waals surface area contributed by atoms with E-state index in [1.54, 1.807) is 24.7 Å². The molecule has 0 atom stereocenters. The molecular weight excluding hydrogens is 292 g/mol. The smallest absolute Gasteiger partial charge is 0.271 e. The molecule has 0 aliphatic heterocycles. The molecule has 0 aliphatic carbocycles. The van der Waals surface area contributed by atoms with Crippen LogP contribution in [0.1, 0.15) is 23.3 Å². The number of hydrazine groups is 1. The molecule has 1 amide bonds. The number of carbonyl (C=O) groups is 1. The minimum atomic E-state index is -0.306. The third-order valence-corrected chi connectivity index (χ3v) is 3.20. The number of aryl methyl sites for hydroxylation is 1. The molecule has 0 unspecified atom stereocenters. The fraction of sp³-hybridized carbons (Fsp3) is 0.308. The molecule has 112 valence electrons. The van der Waals surface area contributed by atoms with Crippen LogP contribution in [-0.2, 0) is 6.54 Å². The van der Waals surface area contributed by atoms with Crippen LogP contribution in [0.4, 0.5) is 5.82 Å². The Morgan fingerprint density at radius 3 is 2.95 bits per heavy atom. The second-order valence-electron chi connectivity index (χ2n) is 4.43. The molecule has 2 aromatic rings. The van der Waals surface area contributed by atoms with Gasteiger partial charge < -0.3 is 15.3 Å². The SMILES string of the molecule is NNc1ccc(Cl)c(C(=O)NCCCCn2ccnc2)n1. The number of pyridine rings is 1. The summed E-state index contributed by atoms with van der Waals surface area (Å²) >= 11 is 5.95. The van der Waals surface area contributed by atoms with E-state index in [1.807, 2.05) is 10.8 Å². The van der Waals surface area contributed by atoms with E-state index in [1.165, 1.54) is 0 Å². The van der Waals surface area contributed by atoms with E-state index in [4.69, 9.17) is 17.4 Å². The van der Waals surface area contributed by atoms with Gasteiger partial charge in [-0.1, -0.05) is 11.6 Å². The first-order valence-corrected chi connectivity index (χ1v) is 6.95. The summed E-state index contributed by atoms with van der Waals surface area (Å²) < 4.78 is 2.00. The zero-order valence-corrected chi connectivity index (χ0v) is 12.2. The molecule has 0 aliphatic rings. The van der Waals surface area contributed by atoms with E-state index in [0.29, 0.717) is 17.4 Å². The van der Waals surface area contributed by atoms with Gasteiger partial charge in [-0.2, -0.15) is 0 Å². The van der Waals surface area contributed by atoms with Crippen LogP contribution >= 0.6 is 11.6 Å². The largest absolute Gasteiger partial charge is 0.351 e. The van der Waals surface area contributed by atoms with Crippen molar-refractivity contribution in [3.8, 4) is 0 Å². The van der Waals surface area contributed by atoms with Crippen molar-refractivity contribution < 1.29 is 4.79 Å². The van der Waals surface area contributed by atoms with Gasteiger partial charge in [-0.3, -0.25) is 4.79 Å². The number of nitrogens with zero attached hydrogens (tertiary/aromatic N) is 3. The predicted molar refractivity (Wildman–Crippen MR) is 80.9 cm³/mol. The van der Waals surface area contributed by atoms with Gasteiger partial charge in [-0.05, 0) is 25.0 Å². The monoisotopic (exact) mass is 308 g/mol. The zero-order chi connectivity index (χ0) is 15.1. The van der Waals surface area contributed by atoms with Crippen LogP contribution in [0.5, 0.6) is 0 Å². The van der Waals surface area contributed by atoms with Gasteiger partial charge >= 0.3 is 0 Å². The van der Waals surface area contributed by atoms with Crippen LogP contribution < -0.4 is 16.6 Å². The maximum Gasteiger partial charge on any atom is 0.271 e. The van der Waals surface area contributed by atoms with Crippen molar-refractivity contribution in [1.82, 2.24) is 19.9 Å². The number of nitrogens with two attached hydrogens (primary N) is 1. The van der Waals surface area contributed by atoms with Crippen molar-refractivity contribution in [2.24, 2.45) is 5.84 Å². The molecule has 0 fully saturated rings. The van der Waals surface area contributed by atoms with E-state index >= 15 is 0 Å². The second-order valence-corrected chi connectivity index (χ2v) is 4.84. The number of hydrogen-bond donors (Lipinski definition) is 3. The normalized spacial score (nSPS) is 10.4. The zero-order valence-electron chi connectivity index (χ0n) is 11.4. The summed E-state index contributed by atoms with van der Waals surface area (Å²) in [5.41, 5.74) is 2.55. The molecule has 21 heavy (non-hydrogen) atoms. The molecule has 2 aromatic heterocycles. The fourth-order valence-corrected chi connectivity index (χ4v) is 2.00. The Balaban J connectivity index is 1.76. The van der Waals surface area contributed by atoms with Crippen LogP contribution in [-0.4, -0.2) is 27.0 Å². The summed E-state index contributed by atoms with van der Waals surface area (Å²) in [6.07, 6.45) is 7.23. The van der Waals surface area contributed by atoms with Crippen molar-refractivity contribution in [3.63, 3.8) is 0 Å². The molecule has 4 N–H and O–H groups in total. The molecule has 0 bridgehead atoms. The third kappa shape index (κ3) is 4.44. The van der Waals surface area contributed by atoms with E-state index in [2.05, 4.69) is 20.7 Å². The molecular formula is C13H17ClN6O. The van der Waals surface area contributed by atoms with E-state index in [-0.39, 0.29) is 11.6 Å². The van der Waals surface area contributed by atoms with Gasteiger partial charge in [0.2, 0.25) is 0 Å². The average molecular weight is 309 g/mol. The van der Waals surface area contributed by atoms with Gasteiger partial charge in [0.25, 0.3) is 5.91 Å². The first-order valence-electron chi connectivity index (χ1n) is 6.58. The predicted octanol–water partition coefficient (Wildman–Crippen LogP) is 1.43. The number of nitrogens with one attached hydrogen (secondary N) is 2. The van der Waals surface area contributed by atoms with Gasteiger partial charge in [-0.15, -0.1) is 0 Å². The molecule has 0 aromatic carbocycles. The standard InChI is InChI=1S/C13H17ClN6O/c14-10-3-4-11(19-15)18-12(10)13(21)17-5-1-2-7-20-8-6-16-9-20/h3-4,6,8-9H,1-2,5,7,15H2,(H,17,21)(H,18,19). The Hall–Kier alpha value is -2.12. The van der Waals surface area contributed by atoms with Crippen LogP contribution in [0, 0.1) is 0 Å². The van der Waals surface area contributed by atoms with Crippen LogP contribution in [0.25, 0.3) is 0 Å². The van der Waals surface area contributed by atoms with Gasteiger partial charge in [-0.25, -0.2) is 15.8 Å². The number of halogens is 1. The van der Waals surface area contributed by atoms with Gasteiger partial charge in [0, 0.05) is 25.5 Å². The lowest BCUT2D eigenvalue weighted by atomic mass is 10.3. The molecule has 7 nitrogen and oxygen atoms in total. The summed E-state index contributed by atoms with van der Waals surface area (Å²) in [6, 6.07) is 3.18. The van der Waals surface area contributed by atoms with E-state index < -0.39 is 0 Å². The number of nitrogen functional groups attached to an aromatic ring is 1. The molecule has 0 spiro atoms. The molecule has 2 heterocycles. The van der Waals surface area contributed by atoms with Gasteiger partial charge in [0.1, 0.15) is 11.5 Å². The number of amides is 1. The number of rotatable bonds is 7. The highest BCUT2D eigenvalue weighted by Gasteiger charge is 2.12. The van der Waals surface area contributed by atoms with E-state index in [0.717, 1.165) is 19.4 Å². The lowest BCUT2D eigenvalue weighted by molar-refractivity contribution is 0.0948. The minimum Gasteiger partial charge on any atom is -0.351 e. The molecule has 0 saturated carbocycles. The average Bonchev–Trinajstić information content (AvgIpc) is 3.00. The molecule has 2 rings (SSSR count). The number of anilines is 1. The first-order chi connectivity index (χ1) is 10.2. The highest BCUT2D eigenvalue weighted by atomic mass is 35.5. The topological polar surface area (TPSA) is 97.9 Å². The van der Waals surface area contributed by atoms with Crippen molar-refractivity contribution in [2.75, 3.05) is 12.0 Å². The third-order valence-electron chi connectivity index (χ3n) is 2.90. The lowest BCUT2D eigenvalue weighted by Crippen LogP contribution is -2.26. The van der Waals surface area contributed by atoms with E-state index in [9.17, 15) is 4.79 Å². The Morgan fingerprint density at radius 1 is 1.38 bits per heavy atom. The number of imidazole rings is 1. The Morgan fingerprint density at radius 2 is 2.24 bits per heavy atom. The molecule has 0 saturated heterocycles. The number of aromatic nitrogens is 3. The lowest BCUT2D eigenvalue weighted by Gasteiger charge is -2.08. The highest BCUT2D eigenvalue weighted by molar-refractivity contribution is 6.33. The molecule has 8 heteroatoms. The van der Waals surface area contributed by atoms with Crippen molar-refractivity contribution in [2.45, 2.75) is 19.4 Å². The van der Waals surface area contributed by atoms with Crippen molar-refractivity contribution >= 4 is 23.3 Å². The number of hydrogen-bond acceptors (Lipinski definition) is 5. The van der Waals surface area contributed by atoms with Crippen LogP contribution in [0.3, 0.4) is 0 Å². The molecule has 0 radical (unpaired) electrons. The number of unbranched alkanes of at least 4 members (excludes halogenated alkanes) is 1. The maximum absolute atomic E-state index is 12.0. The summed E-state index contributed by atoms with van der Waals surface area (Å²) in [6.45, 7) is 1.44. The Labute approximate surface area is 127 Å². The Kier molecular flexibility index (Phi) is 5.53. The van der Waals surface area contributed by atoms with Gasteiger partial charge in [0.05, 0.1) is 11.3 Å². The first kappa shape index (κ1) is 15.3. The fourth-order valence-electron chi connectivity index (χ4n) is 1.81. The highest BCUT2D eigenvalue weighted by Crippen LogP contribution is 2.16. The number of carbonyl (C=O) groups excluding carboxylic acids is 1. The summed E-state index contributed by atoms with van der Waals surface area (Å²) in [4.78, 5) is 20.0.